The second-order valence-corrected chi connectivity index (χ2v) is 10.5. The molecule has 2 aromatic heterocycles. The predicted octanol–water partition coefficient (Wildman–Crippen LogP) is 4.83. The van der Waals surface area contributed by atoms with Gasteiger partial charge in [-0.2, -0.15) is 5.10 Å². The largest absolute Gasteiger partial charge is 0.496 e. The lowest BCUT2D eigenvalue weighted by Crippen LogP contribution is -2.37. The van der Waals surface area contributed by atoms with Gasteiger partial charge in [0.05, 0.1) is 25.5 Å². The number of ether oxygens (including phenoxy) is 2. The van der Waals surface area contributed by atoms with Crippen molar-refractivity contribution >= 4 is 5.91 Å². The number of hydrogen-bond donors (Lipinski definition) is 2. The van der Waals surface area contributed by atoms with Gasteiger partial charge in [-0.05, 0) is 53.3 Å². The van der Waals surface area contributed by atoms with Gasteiger partial charge in [0.25, 0.3) is 5.91 Å². The number of aromatic nitrogens is 6. The summed E-state index contributed by atoms with van der Waals surface area (Å²) in [5.74, 6) is 2.90. The molecule has 10 nitrogen and oxygen atoms in total. The van der Waals surface area contributed by atoms with Crippen molar-refractivity contribution in [3.05, 3.63) is 35.8 Å². The molecule has 0 radical (unpaired) electrons. The molecule has 38 heavy (non-hydrogen) atoms. The number of aromatic amines is 1. The Bertz CT molecular complexity index is 1130. The molecule has 206 valence electrons. The molecule has 1 aliphatic carbocycles. The number of benzene rings is 1. The molecule has 0 spiro atoms. The first-order valence-corrected chi connectivity index (χ1v) is 13.8. The zero-order valence-corrected chi connectivity index (χ0v) is 23.1. The van der Waals surface area contributed by atoms with Crippen LogP contribution < -0.4 is 14.8 Å². The van der Waals surface area contributed by atoms with Gasteiger partial charge in [0.2, 0.25) is 0 Å². The second-order valence-electron chi connectivity index (χ2n) is 10.5. The van der Waals surface area contributed by atoms with E-state index < -0.39 is 0 Å². The topological polar surface area (TPSA) is 120 Å². The molecule has 3 aromatic rings. The molecule has 1 saturated carbocycles. The highest BCUT2D eigenvalue weighted by Gasteiger charge is 2.25. The SMILES string of the molecule is CCC(C)Cn1nc(C(=O)N[C@@H](CCC2CCCCC2)Cc2nnn[nH]2)cc1-c1c(OC)cccc1OC. The van der Waals surface area contributed by atoms with Crippen LogP contribution in [0.25, 0.3) is 11.3 Å². The first-order valence-electron chi connectivity index (χ1n) is 13.8. The van der Waals surface area contributed by atoms with Crippen LogP contribution in [0.3, 0.4) is 0 Å². The molecule has 4 rings (SSSR count). The number of tetrazole rings is 1. The fraction of sp³-hybridized carbons (Fsp3) is 0.607. The van der Waals surface area contributed by atoms with Gasteiger partial charge >= 0.3 is 0 Å². The molecular formula is C28H41N7O3. The monoisotopic (exact) mass is 523 g/mol. The third kappa shape index (κ3) is 6.90. The third-order valence-corrected chi connectivity index (χ3v) is 7.69. The average Bonchev–Trinajstić information content (AvgIpc) is 3.61. The number of nitrogens with zero attached hydrogens (tertiary/aromatic N) is 5. The zero-order valence-electron chi connectivity index (χ0n) is 23.1. The van der Waals surface area contributed by atoms with E-state index in [0.717, 1.165) is 36.4 Å². The van der Waals surface area contributed by atoms with Gasteiger partial charge in [0.1, 0.15) is 17.3 Å². The highest BCUT2D eigenvalue weighted by molar-refractivity contribution is 5.94. The summed E-state index contributed by atoms with van der Waals surface area (Å²) in [5.41, 5.74) is 1.95. The number of methoxy groups -OCH3 is 2. The molecular weight excluding hydrogens is 482 g/mol. The minimum absolute atomic E-state index is 0.0943. The van der Waals surface area contributed by atoms with Crippen molar-refractivity contribution in [2.75, 3.05) is 14.2 Å². The van der Waals surface area contributed by atoms with Crippen LogP contribution in [0.4, 0.5) is 0 Å². The molecule has 1 fully saturated rings. The Labute approximate surface area is 224 Å². The Morgan fingerprint density at radius 2 is 1.92 bits per heavy atom. The molecule has 1 aliphatic rings. The Kier molecular flexibility index (Phi) is 9.73. The van der Waals surface area contributed by atoms with E-state index in [-0.39, 0.29) is 11.9 Å². The maximum Gasteiger partial charge on any atom is 0.272 e. The quantitative estimate of drug-likeness (QED) is 0.329. The predicted molar refractivity (Wildman–Crippen MR) is 145 cm³/mol. The molecule has 1 amide bonds. The maximum atomic E-state index is 13.6. The number of carbonyl (C=O) groups excluding carboxylic acids is 1. The Morgan fingerprint density at radius 3 is 2.55 bits per heavy atom. The molecule has 2 heterocycles. The number of rotatable bonds is 13. The summed E-state index contributed by atoms with van der Waals surface area (Å²) < 4.78 is 13.2. The van der Waals surface area contributed by atoms with Crippen LogP contribution in [-0.4, -0.2) is 56.6 Å². The molecule has 2 N–H and O–H groups in total. The van der Waals surface area contributed by atoms with Crippen molar-refractivity contribution in [1.29, 1.82) is 0 Å². The summed E-state index contributed by atoms with van der Waals surface area (Å²) >= 11 is 0. The van der Waals surface area contributed by atoms with Crippen molar-refractivity contribution in [2.24, 2.45) is 11.8 Å². The third-order valence-electron chi connectivity index (χ3n) is 7.69. The van der Waals surface area contributed by atoms with Crippen LogP contribution in [0.1, 0.15) is 81.5 Å². The minimum Gasteiger partial charge on any atom is -0.496 e. The van der Waals surface area contributed by atoms with E-state index in [1.165, 1.54) is 32.1 Å². The van der Waals surface area contributed by atoms with Gasteiger partial charge in [-0.1, -0.05) is 58.4 Å². The molecule has 0 aliphatic heterocycles. The molecule has 1 unspecified atom stereocenters. The van der Waals surface area contributed by atoms with Crippen LogP contribution >= 0.6 is 0 Å². The highest BCUT2D eigenvalue weighted by Crippen LogP contribution is 2.39. The second kappa shape index (κ2) is 13.4. The van der Waals surface area contributed by atoms with Crippen molar-refractivity contribution in [2.45, 2.75) is 84.2 Å². The summed E-state index contributed by atoms with van der Waals surface area (Å²) in [4.78, 5) is 13.6. The molecule has 0 saturated heterocycles. The number of amides is 1. The lowest BCUT2D eigenvalue weighted by atomic mass is 9.85. The molecule has 0 bridgehead atoms. The van der Waals surface area contributed by atoms with Crippen LogP contribution in [0.5, 0.6) is 11.5 Å². The van der Waals surface area contributed by atoms with E-state index in [1.54, 1.807) is 14.2 Å². The van der Waals surface area contributed by atoms with Gasteiger partial charge in [0.15, 0.2) is 5.69 Å². The lowest BCUT2D eigenvalue weighted by Gasteiger charge is -2.24. The van der Waals surface area contributed by atoms with E-state index in [2.05, 4.69) is 39.8 Å². The van der Waals surface area contributed by atoms with Crippen molar-refractivity contribution in [3.8, 4) is 22.8 Å². The number of H-pyrrole nitrogens is 1. The van der Waals surface area contributed by atoms with Gasteiger partial charge in [-0.15, -0.1) is 5.10 Å². The average molecular weight is 524 g/mol. The van der Waals surface area contributed by atoms with Crippen molar-refractivity contribution < 1.29 is 14.3 Å². The van der Waals surface area contributed by atoms with E-state index in [9.17, 15) is 4.79 Å². The van der Waals surface area contributed by atoms with Crippen LogP contribution in [0, 0.1) is 11.8 Å². The summed E-state index contributed by atoms with van der Waals surface area (Å²) in [5, 5.41) is 22.3. The maximum absolute atomic E-state index is 13.6. The fourth-order valence-electron chi connectivity index (χ4n) is 5.29. The fourth-order valence-corrected chi connectivity index (χ4v) is 5.29. The van der Waals surface area contributed by atoms with Crippen molar-refractivity contribution in [1.82, 2.24) is 35.7 Å². The first kappa shape index (κ1) is 27.6. The minimum atomic E-state index is -0.205. The van der Waals surface area contributed by atoms with E-state index in [4.69, 9.17) is 14.6 Å². The van der Waals surface area contributed by atoms with Crippen molar-refractivity contribution in [3.63, 3.8) is 0 Å². The van der Waals surface area contributed by atoms with E-state index in [1.807, 2.05) is 28.9 Å². The Balaban J connectivity index is 1.60. The summed E-state index contributed by atoms with van der Waals surface area (Å²) in [6.07, 6.45) is 9.98. The smallest absolute Gasteiger partial charge is 0.272 e. The Morgan fingerprint density at radius 1 is 1.18 bits per heavy atom. The highest BCUT2D eigenvalue weighted by atomic mass is 16.5. The molecule has 10 heteroatoms. The summed E-state index contributed by atoms with van der Waals surface area (Å²) in [6.45, 7) is 5.01. The number of hydrogen-bond acceptors (Lipinski definition) is 7. The normalized spacial score (nSPS) is 15.7. The number of carbonyl (C=O) groups is 1. The van der Waals surface area contributed by atoms with Gasteiger partial charge in [0, 0.05) is 19.0 Å². The summed E-state index contributed by atoms with van der Waals surface area (Å²) in [7, 11) is 3.27. The molecule has 2 atom stereocenters. The van der Waals surface area contributed by atoms with E-state index >= 15 is 0 Å². The van der Waals surface area contributed by atoms with Gasteiger partial charge < -0.3 is 14.8 Å². The van der Waals surface area contributed by atoms with Gasteiger partial charge in [-0.25, -0.2) is 5.10 Å². The van der Waals surface area contributed by atoms with Crippen LogP contribution in [-0.2, 0) is 13.0 Å². The van der Waals surface area contributed by atoms with Crippen LogP contribution in [0.15, 0.2) is 24.3 Å². The first-order chi connectivity index (χ1) is 18.5. The van der Waals surface area contributed by atoms with E-state index in [0.29, 0.717) is 41.9 Å². The lowest BCUT2D eigenvalue weighted by molar-refractivity contribution is 0.0926. The zero-order chi connectivity index (χ0) is 26.9. The number of nitrogens with one attached hydrogen (secondary N) is 2. The summed E-state index contributed by atoms with van der Waals surface area (Å²) in [6, 6.07) is 7.42. The standard InChI is InChI=1S/C28H41N7O3/c1-5-19(2)18-35-23(27-24(37-3)12-9-13-25(27)38-4)17-22(32-35)28(36)29-21(16-26-30-33-34-31-26)15-14-20-10-7-6-8-11-20/h9,12-13,17,19-21H,5-8,10-11,14-16,18H2,1-4H3,(H,29,36)(H,30,31,33,34)/t19?,21-/m0/s1. The molecule has 1 aromatic carbocycles. The van der Waals surface area contributed by atoms with Crippen LogP contribution in [0.2, 0.25) is 0 Å². The van der Waals surface area contributed by atoms with Gasteiger partial charge in [-0.3, -0.25) is 9.48 Å². The Hall–Kier alpha value is -3.43.